The standard InChI is InChI=1S/C21H24O4/c1-6-25-21-19(23-4)12-16(13-20(21)24-5)8-10-18(22)17-9-7-14(2)15(3)11-17/h7-13H,6H2,1-5H3. The van der Waals surface area contributed by atoms with Crippen molar-refractivity contribution in [1.82, 2.24) is 0 Å². The molecule has 4 heteroatoms. The van der Waals surface area contributed by atoms with Gasteiger partial charge >= 0.3 is 0 Å². The summed E-state index contributed by atoms with van der Waals surface area (Å²) in [6.45, 7) is 6.43. The van der Waals surface area contributed by atoms with Crippen molar-refractivity contribution in [2.75, 3.05) is 20.8 Å². The van der Waals surface area contributed by atoms with Crippen LogP contribution in [0.4, 0.5) is 0 Å². The molecular weight excluding hydrogens is 316 g/mol. The molecule has 0 aromatic heterocycles. The van der Waals surface area contributed by atoms with Gasteiger partial charge in [-0.1, -0.05) is 18.2 Å². The molecule has 0 heterocycles. The Balaban J connectivity index is 2.30. The zero-order valence-corrected chi connectivity index (χ0v) is 15.4. The number of hydrogen-bond donors (Lipinski definition) is 0. The molecule has 0 spiro atoms. The van der Waals surface area contributed by atoms with Crippen LogP contribution in [-0.2, 0) is 0 Å². The van der Waals surface area contributed by atoms with Crippen molar-refractivity contribution < 1.29 is 19.0 Å². The number of ketones is 1. The van der Waals surface area contributed by atoms with Crippen LogP contribution in [0.5, 0.6) is 17.2 Å². The van der Waals surface area contributed by atoms with Gasteiger partial charge in [-0.05, 0) is 61.7 Å². The lowest BCUT2D eigenvalue weighted by molar-refractivity contribution is 0.104. The van der Waals surface area contributed by atoms with Gasteiger partial charge in [0.25, 0.3) is 0 Å². The van der Waals surface area contributed by atoms with E-state index in [9.17, 15) is 4.79 Å². The molecule has 0 atom stereocenters. The number of hydrogen-bond acceptors (Lipinski definition) is 4. The lowest BCUT2D eigenvalue weighted by Gasteiger charge is -2.14. The molecule has 2 aromatic rings. The van der Waals surface area contributed by atoms with E-state index in [-0.39, 0.29) is 5.78 Å². The lowest BCUT2D eigenvalue weighted by atomic mass is 10.0. The molecule has 0 aliphatic heterocycles. The number of carbonyl (C=O) groups excluding carboxylic acids is 1. The molecule has 0 radical (unpaired) electrons. The third-order valence-corrected chi connectivity index (χ3v) is 3.99. The monoisotopic (exact) mass is 340 g/mol. The molecule has 2 rings (SSSR count). The largest absolute Gasteiger partial charge is 0.493 e. The van der Waals surface area contributed by atoms with Crippen LogP contribution in [0.15, 0.2) is 36.4 Å². The summed E-state index contributed by atoms with van der Waals surface area (Å²) in [5.74, 6) is 1.65. The Kier molecular flexibility index (Phi) is 6.23. The zero-order valence-electron chi connectivity index (χ0n) is 15.4. The summed E-state index contributed by atoms with van der Waals surface area (Å²) in [6.07, 6.45) is 3.30. The first-order valence-electron chi connectivity index (χ1n) is 8.18. The fourth-order valence-corrected chi connectivity index (χ4v) is 2.45. The summed E-state index contributed by atoms with van der Waals surface area (Å²) < 4.78 is 16.3. The van der Waals surface area contributed by atoms with Crippen LogP contribution in [0.3, 0.4) is 0 Å². The van der Waals surface area contributed by atoms with Gasteiger partial charge < -0.3 is 14.2 Å². The van der Waals surface area contributed by atoms with Crippen molar-refractivity contribution in [2.45, 2.75) is 20.8 Å². The molecular formula is C21H24O4. The van der Waals surface area contributed by atoms with E-state index >= 15 is 0 Å². The fraction of sp³-hybridized carbons (Fsp3) is 0.286. The van der Waals surface area contributed by atoms with Crippen LogP contribution in [0.2, 0.25) is 0 Å². The Bertz CT molecular complexity index is 765. The number of aryl methyl sites for hydroxylation is 2. The Hall–Kier alpha value is -2.75. The van der Waals surface area contributed by atoms with E-state index in [2.05, 4.69) is 0 Å². The van der Waals surface area contributed by atoms with Gasteiger partial charge in [0.15, 0.2) is 17.3 Å². The molecule has 0 aliphatic carbocycles. The average Bonchev–Trinajstić information content (AvgIpc) is 2.62. The number of benzene rings is 2. The maximum Gasteiger partial charge on any atom is 0.203 e. The van der Waals surface area contributed by atoms with E-state index in [4.69, 9.17) is 14.2 Å². The van der Waals surface area contributed by atoms with Crippen LogP contribution < -0.4 is 14.2 Å². The second-order valence-electron chi connectivity index (χ2n) is 5.68. The summed E-state index contributed by atoms with van der Waals surface area (Å²) in [7, 11) is 3.15. The highest BCUT2D eigenvalue weighted by molar-refractivity contribution is 6.07. The predicted molar refractivity (Wildman–Crippen MR) is 100.0 cm³/mol. The van der Waals surface area contributed by atoms with Gasteiger partial charge in [-0.3, -0.25) is 4.79 Å². The predicted octanol–water partition coefficient (Wildman–Crippen LogP) is 4.62. The Morgan fingerprint density at radius 3 is 2.16 bits per heavy atom. The summed E-state index contributed by atoms with van der Waals surface area (Å²) in [5, 5.41) is 0. The highest BCUT2D eigenvalue weighted by Crippen LogP contribution is 2.38. The van der Waals surface area contributed by atoms with Crippen LogP contribution in [-0.4, -0.2) is 26.6 Å². The summed E-state index contributed by atoms with van der Waals surface area (Å²) in [5.41, 5.74) is 3.74. The van der Waals surface area contributed by atoms with Crippen molar-refractivity contribution in [3.63, 3.8) is 0 Å². The van der Waals surface area contributed by atoms with E-state index in [1.165, 1.54) is 5.56 Å². The minimum atomic E-state index is -0.0464. The van der Waals surface area contributed by atoms with E-state index in [0.29, 0.717) is 29.4 Å². The molecule has 0 amide bonds. The molecule has 0 fully saturated rings. The number of allylic oxidation sites excluding steroid dienone is 1. The van der Waals surface area contributed by atoms with Crippen molar-refractivity contribution >= 4 is 11.9 Å². The molecule has 2 aromatic carbocycles. The van der Waals surface area contributed by atoms with Gasteiger partial charge in [-0.25, -0.2) is 0 Å². The first kappa shape index (κ1) is 18.6. The number of carbonyl (C=O) groups is 1. The summed E-state index contributed by atoms with van der Waals surface area (Å²) in [4.78, 5) is 12.4. The number of rotatable bonds is 7. The Morgan fingerprint density at radius 2 is 1.64 bits per heavy atom. The van der Waals surface area contributed by atoms with E-state index in [1.54, 1.807) is 26.4 Å². The second kappa shape index (κ2) is 8.38. The third kappa shape index (κ3) is 4.41. The maximum absolute atomic E-state index is 12.4. The first-order chi connectivity index (χ1) is 12.0. The smallest absolute Gasteiger partial charge is 0.203 e. The first-order valence-corrected chi connectivity index (χ1v) is 8.18. The minimum absolute atomic E-state index is 0.0464. The van der Waals surface area contributed by atoms with Crippen LogP contribution in [0.25, 0.3) is 6.08 Å². The van der Waals surface area contributed by atoms with Crippen molar-refractivity contribution in [3.8, 4) is 17.2 Å². The molecule has 0 aliphatic rings. The van der Waals surface area contributed by atoms with Gasteiger partial charge in [-0.2, -0.15) is 0 Å². The molecule has 0 N–H and O–H groups in total. The van der Waals surface area contributed by atoms with E-state index in [0.717, 1.165) is 11.1 Å². The summed E-state index contributed by atoms with van der Waals surface area (Å²) >= 11 is 0. The summed E-state index contributed by atoms with van der Waals surface area (Å²) in [6, 6.07) is 9.34. The normalized spacial score (nSPS) is 10.8. The average molecular weight is 340 g/mol. The Morgan fingerprint density at radius 1 is 1.00 bits per heavy atom. The molecule has 0 bridgehead atoms. The van der Waals surface area contributed by atoms with Gasteiger partial charge in [0.05, 0.1) is 20.8 Å². The van der Waals surface area contributed by atoms with E-state index < -0.39 is 0 Å². The van der Waals surface area contributed by atoms with E-state index in [1.807, 2.05) is 51.1 Å². The Labute approximate surface area is 149 Å². The molecule has 0 unspecified atom stereocenters. The quantitative estimate of drug-likeness (QED) is 0.545. The van der Waals surface area contributed by atoms with Crippen molar-refractivity contribution in [2.24, 2.45) is 0 Å². The molecule has 0 saturated heterocycles. The SMILES string of the molecule is CCOc1c(OC)cc(C=CC(=O)c2ccc(C)c(C)c2)cc1OC. The second-order valence-corrected chi connectivity index (χ2v) is 5.68. The van der Waals surface area contributed by atoms with Crippen LogP contribution in [0.1, 0.15) is 34.0 Å². The van der Waals surface area contributed by atoms with Gasteiger partial charge in [-0.15, -0.1) is 0 Å². The topological polar surface area (TPSA) is 44.8 Å². The highest BCUT2D eigenvalue weighted by Gasteiger charge is 2.13. The minimum Gasteiger partial charge on any atom is -0.493 e. The van der Waals surface area contributed by atoms with Crippen LogP contribution >= 0.6 is 0 Å². The highest BCUT2D eigenvalue weighted by atomic mass is 16.5. The molecule has 0 saturated carbocycles. The lowest BCUT2D eigenvalue weighted by Crippen LogP contribution is -1.99. The number of ether oxygens (including phenoxy) is 3. The number of methoxy groups -OCH3 is 2. The maximum atomic E-state index is 12.4. The molecule has 132 valence electrons. The molecule has 4 nitrogen and oxygen atoms in total. The van der Waals surface area contributed by atoms with Gasteiger partial charge in [0.1, 0.15) is 0 Å². The van der Waals surface area contributed by atoms with Crippen molar-refractivity contribution in [1.29, 1.82) is 0 Å². The van der Waals surface area contributed by atoms with Gasteiger partial charge in [0, 0.05) is 5.56 Å². The zero-order chi connectivity index (χ0) is 18.4. The van der Waals surface area contributed by atoms with Gasteiger partial charge in [0.2, 0.25) is 5.75 Å². The fourth-order valence-electron chi connectivity index (χ4n) is 2.45. The third-order valence-electron chi connectivity index (χ3n) is 3.99. The molecule has 25 heavy (non-hydrogen) atoms. The van der Waals surface area contributed by atoms with Crippen molar-refractivity contribution in [3.05, 3.63) is 58.7 Å². The van der Waals surface area contributed by atoms with Crippen LogP contribution in [0, 0.1) is 13.8 Å².